The molecule has 9 nitrogen and oxygen atoms in total. The third kappa shape index (κ3) is 7.35. The van der Waals surface area contributed by atoms with Crippen molar-refractivity contribution in [3.63, 3.8) is 0 Å². The number of nitrogens with zero attached hydrogens (tertiary/aromatic N) is 2. The van der Waals surface area contributed by atoms with Crippen LogP contribution in [-0.4, -0.2) is 64.7 Å². The molecule has 0 bridgehead atoms. The van der Waals surface area contributed by atoms with Crippen molar-refractivity contribution in [2.75, 3.05) is 37.9 Å². The SMILES string of the molecule is CCNC(=O)[C@H](CC)N(Cc1ccc(C)cc1)C(=O)CN(c1cc(OC)ccc1OC)S(C)(=O)=O. The van der Waals surface area contributed by atoms with Gasteiger partial charge in [-0.25, -0.2) is 8.42 Å². The first-order chi connectivity index (χ1) is 16.5. The number of aryl methyl sites for hydroxylation is 1. The minimum absolute atomic E-state index is 0.154. The number of nitrogens with one attached hydrogen (secondary N) is 1. The number of carbonyl (C=O) groups excluding carboxylic acids is 2. The van der Waals surface area contributed by atoms with Crippen LogP contribution < -0.4 is 19.1 Å². The molecule has 0 aliphatic rings. The zero-order chi connectivity index (χ0) is 26.2. The number of anilines is 1. The monoisotopic (exact) mass is 505 g/mol. The normalized spacial score (nSPS) is 11.9. The van der Waals surface area contributed by atoms with Crippen LogP contribution in [0.15, 0.2) is 42.5 Å². The van der Waals surface area contributed by atoms with Crippen LogP contribution >= 0.6 is 0 Å². The van der Waals surface area contributed by atoms with E-state index in [9.17, 15) is 18.0 Å². The van der Waals surface area contributed by atoms with Crippen LogP contribution in [0.1, 0.15) is 31.4 Å². The van der Waals surface area contributed by atoms with E-state index in [1.165, 1.54) is 25.2 Å². The number of methoxy groups -OCH3 is 2. The molecular weight excluding hydrogens is 470 g/mol. The molecule has 2 aromatic rings. The van der Waals surface area contributed by atoms with E-state index in [1.54, 1.807) is 19.1 Å². The van der Waals surface area contributed by atoms with Crippen LogP contribution in [0.2, 0.25) is 0 Å². The number of carbonyl (C=O) groups is 2. The Bertz CT molecular complexity index is 1120. The van der Waals surface area contributed by atoms with Crippen molar-refractivity contribution in [2.45, 2.75) is 39.8 Å². The number of sulfonamides is 1. The molecule has 1 atom stereocenters. The lowest BCUT2D eigenvalue weighted by Gasteiger charge is -2.33. The largest absolute Gasteiger partial charge is 0.497 e. The number of hydrogen-bond donors (Lipinski definition) is 1. The fourth-order valence-corrected chi connectivity index (χ4v) is 4.53. The van der Waals surface area contributed by atoms with Crippen molar-refractivity contribution < 1.29 is 27.5 Å². The third-order valence-corrected chi connectivity index (χ3v) is 6.67. The van der Waals surface area contributed by atoms with Gasteiger partial charge < -0.3 is 19.7 Å². The van der Waals surface area contributed by atoms with Crippen molar-refractivity contribution in [3.8, 4) is 11.5 Å². The smallest absolute Gasteiger partial charge is 0.244 e. The predicted molar refractivity (Wildman–Crippen MR) is 136 cm³/mol. The Hall–Kier alpha value is -3.27. The van der Waals surface area contributed by atoms with Gasteiger partial charge in [-0.1, -0.05) is 36.8 Å². The van der Waals surface area contributed by atoms with Crippen LogP contribution in [0.4, 0.5) is 5.69 Å². The van der Waals surface area contributed by atoms with Crippen molar-refractivity contribution >= 4 is 27.5 Å². The predicted octanol–water partition coefficient (Wildman–Crippen LogP) is 2.72. The Morgan fingerprint density at radius 2 is 1.69 bits per heavy atom. The summed E-state index contributed by atoms with van der Waals surface area (Å²) in [4.78, 5) is 27.9. The molecule has 0 saturated heterocycles. The Balaban J connectivity index is 2.51. The van der Waals surface area contributed by atoms with Gasteiger partial charge in [0.25, 0.3) is 0 Å². The average Bonchev–Trinajstić information content (AvgIpc) is 2.82. The van der Waals surface area contributed by atoms with Crippen LogP contribution in [0.25, 0.3) is 0 Å². The Morgan fingerprint density at radius 3 is 2.20 bits per heavy atom. The van der Waals surface area contributed by atoms with E-state index >= 15 is 0 Å². The summed E-state index contributed by atoms with van der Waals surface area (Å²) in [5.74, 6) is -0.128. The Morgan fingerprint density at radius 1 is 1.03 bits per heavy atom. The van der Waals surface area contributed by atoms with Gasteiger partial charge in [0.2, 0.25) is 21.8 Å². The molecule has 2 amide bonds. The highest BCUT2D eigenvalue weighted by atomic mass is 32.2. The number of rotatable bonds is 12. The highest BCUT2D eigenvalue weighted by Crippen LogP contribution is 2.34. The van der Waals surface area contributed by atoms with Gasteiger partial charge >= 0.3 is 0 Å². The minimum Gasteiger partial charge on any atom is -0.497 e. The van der Waals surface area contributed by atoms with E-state index in [0.717, 1.165) is 21.7 Å². The van der Waals surface area contributed by atoms with E-state index in [4.69, 9.17) is 9.47 Å². The summed E-state index contributed by atoms with van der Waals surface area (Å²) in [6.45, 7) is 5.64. The maximum absolute atomic E-state index is 13.7. The highest BCUT2D eigenvalue weighted by molar-refractivity contribution is 7.92. The van der Waals surface area contributed by atoms with Gasteiger partial charge in [-0.05, 0) is 38.0 Å². The first kappa shape index (κ1) is 28.0. The van der Waals surface area contributed by atoms with Crippen molar-refractivity contribution in [2.24, 2.45) is 0 Å². The Kier molecular flexibility index (Phi) is 9.94. The van der Waals surface area contributed by atoms with Gasteiger partial charge in [0, 0.05) is 19.2 Å². The lowest BCUT2D eigenvalue weighted by molar-refractivity contribution is -0.140. The van der Waals surface area contributed by atoms with Crippen LogP contribution in [0.5, 0.6) is 11.5 Å². The third-order valence-electron chi connectivity index (χ3n) is 5.54. The van der Waals surface area contributed by atoms with Gasteiger partial charge in [-0.15, -0.1) is 0 Å². The summed E-state index contributed by atoms with van der Waals surface area (Å²) in [6, 6.07) is 11.6. The van der Waals surface area contributed by atoms with Gasteiger partial charge in [0.15, 0.2) is 0 Å². The summed E-state index contributed by atoms with van der Waals surface area (Å²) in [5.41, 5.74) is 2.07. The number of hydrogen-bond acceptors (Lipinski definition) is 6. The fourth-order valence-electron chi connectivity index (χ4n) is 3.69. The summed E-state index contributed by atoms with van der Waals surface area (Å²) in [7, 11) is -1.02. The van der Waals surface area contributed by atoms with E-state index < -0.39 is 28.5 Å². The van der Waals surface area contributed by atoms with Crippen LogP contribution in [0, 0.1) is 6.92 Å². The molecule has 0 fully saturated rings. The molecule has 10 heteroatoms. The lowest BCUT2D eigenvalue weighted by atomic mass is 10.1. The van der Waals surface area contributed by atoms with Gasteiger partial charge in [0.05, 0.1) is 26.2 Å². The zero-order valence-corrected chi connectivity index (χ0v) is 22.0. The number of likely N-dealkylation sites (N-methyl/N-ethyl adjacent to an activating group) is 1. The van der Waals surface area contributed by atoms with Gasteiger partial charge in [-0.3, -0.25) is 13.9 Å². The topological polar surface area (TPSA) is 105 Å². The molecule has 2 aromatic carbocycles. The van der Waals surface area contributed by atoms with Gasteiger partial charge in [0.1, 0.15) is 24.1 Å². The molecule has 192 valence electrons. The van der Waals surface area contributed by atoms with Gasteiger partial charge in [-0.2, -0.15) is 0 Å². The van der Waals surface area contributed by atoms with E-state index in [-0.39, 0.29) is 23.9 Å². The summed E-state index contributed by atoms with van der Waals surface area (Å²) < 4.78 is 37.2. The zero-order valence-electron chi connectivity index (χ0n) is 21.2. The molecule has 0 spiro atoms. The summed E-state index contributed by atoms with van der Waals surface area (Å²) in [6.07, 6.45) is 1.38. The maximum Gasteiger partial charge on any atom is 0.244 e. The first-order valence-electron chi connectivity index (χ1n) is 11.4. The first-order valence-corrected chi connectivity index (χ1v) is 13.2. The summed E-state index contributed by atoms with van der Waals surface area (Å²) in [5, 5.41) is 2.77. The van der Waals surface area contributed by atoms with Crippen LogP contribution in [-0.2, 0) is 26.2 Å². The minimum atomic E-state index is -3.90. The molecular formula is C25H35N3O6S. The average molecular weight is 506 g/mol. The molecule has 0 unspecified atom stereocenters. The number of benzene rings is 2. The highest BCUT2D eigenvalue weighted by Gasteiger charge is 2.32. The molecule has 0 saturated carbocycles. The second kappa shape index (κ2) is 12.4. The molecule has 0 heterocycles. The molecule has 0 aliphatic carbocycles. The molecule has 0 radical (unpaired) electrons. The molecule has 2 rings (SSSR count). The molecule has 35 heavy (non-hydrogen) atoms. The second-order valence-electron chi connectivity index (χ2n) is 8.13. The number of amides is 2. The standard InChI is InChI=1S/C25H35N3O6S/c1-7-21(25(30)26-8-2)27(16-19-11-9-18(3)10-12-19)24(29)17-28(35(6,31)32)22-15-20(33-4)13-14-23(22)34-5/h9-15,21H,7-8,16-17H2,1-6H3,(H,26,30)/t21-/m0/s1. The molecule has 1 N–H and O–H groups in total. The maximum atomic E-state index is 13.7. The fraction of sp³-hybridized carbons (Fsp3) is 0.440. The van der Waals surface area contributed by atoms with Crippen molar-refractivity contribution in [1.29, 1.82) is 0 Å². The molecule has 0 aromatic heterocycles. The van der Waals surface area contributed by atoms with E-state index in [0.29, 0.717) is 18.7 Å². The van der Waals surface area contributed by atoms with Crippen LogP contribution in [0.3, 0.4) is 0 Å². The van der Waals surface area contributed by atoms with Crippen molar-refractivity contribution in [3.05, 3.63) is 53.6 Å². The van der Waals surface area contributed by atoms with E-state index in [2.05, 4.69) is 5.32 Å². The quantitative estimate of drug-likeness (QED) is 0.476. The van der Waals surface area contributed by atoms with E-state index in [1.807, 2.05) is 38.1 Å². The van der Waals surface area contributed by atoms with Crippen molar-refractivity contribution in [1.82, 2.24) is 10.2 Å². The lowest BCUT2D eigenvalue weighted by Crippen LogP contribution is -2.52. The summed E-state index contributed by atoms with van der Waals surface area (Å²) >= 11 is 0. The Labute approximate surface area is 208 Å². The molecule has 0 aliphatic heterocycles. The second-order valence-corrected chi connectivity index (χ2v) is 10.0. The number of ether oxygens (including phenoxy) is 2.